The molecule has 122 valence electrons. The summed E-state index contributed by atoms with van der Waals surface area (Å²) in [6, 6.07) is 12.1. The highest BCUT2D eigenvalue weighted by Gasteiger charge is 2.30. The predicted molar refractivity (Wildman–Crippen MR) is 89.5 cm³/mol. The van der Waals surface area contributed by atoms with E-state index in [2.05, 4.69) is 11.0 Å². The van der Waals surface area contributed by atoms with Gasteiger partial charge < -0.3 is 4.90 Å². The van der Waals surface area contributed by atoms with Gasteiger partial charge in [0.15, 0.2) is 0 Å². The fourth-order valence-corrected chi connectivity index (χ4v) is 3.81. The summed E-state index contributed by atoms with van der Waals surface area (Å²) in [5.74, 6) is 0.591. The fraction of sp³-hybridized carbons (Fsp3) is 0.579. The highest BCUT2D eigenvalue weighted by molar-refractivity contribution is 5.79. The van der Waals surface area contributed by atoms with Crippen LogP contribution in [0.2, 0.25) is 0 Å². The lowest BCUT2D eigenvalue weighted by molar-refractivity contribution is -0.138. The van der Waals surface area contributed by atoms with Gasteiger partial charge in [0.05, 0.1) is 6.07 Å². The molecular weight excluding hydrogens is 286 g/mol. The molecule has 1 amide bonds. The smallest absolute Gasteiger partial charge is 0.225 e. The van der Waals surface area contributed by atoms with Crippen LogP contribution in [-0.2, 0) is 4.79 Å². The van der Waals surface area contributed by atoms with Gasteiger partial charge in [0, 0.05) is 32.1 Å². The molecule has 1 aliphatic carbocycles. The van der Waals surface area contributed by atoms with E-state index in [1.165, 1.54) is 19.3 Å². The van der Waals surface area contributed by atoms with Crippen molar-refractivity contribution >= 4 is 5.91 Å². The molecule has 4 heteroatoms. The van der Waals surface area contributed by atoms with Crippen LogP contribution in [0.4, 0.5) is 0 Å². The first-order chi connectivity index (χ1) is 11.3. The van der Waals surface area contributed by atoms with E-state index in [1.807, 2.05) is 35.2 Å². The Balaban J connectivity index is 1.57. The van der Waals surface area contributed by atoms with Crippen LogP contribution in [0.15, 0.2) is 30.3 Å². The average Bonchev–Trinajstić information content (AvgIpc) is 2.64. The first-order valence-corrected chi connectivity index (χ1v) is 8.77. The van der Waals surface area contributed by atoms with E-state index in [0.29, 0.717) is 5.91 Å². The van der Waals surface area contributed by atoms with Crippen molar-refractivity contribution in [3.05, 3.63) is 35.9 Å². The minimum Gasteiger partial charge on any atom is -0.340 e. The normalized spacial score (nSPS) is 21.6. The second-order valence-corrected chi connectivity index (χ2v) is 6.64. The third kappa shape index (κ3) is 3.73. The van der Waals surface area contributed by atoms with Crippen molar-refractivity contribution in [2.45, 2.75) is 38.1 Å². The number of hydrogen-bond acceptors (Lipinski definition) is 3. The molecule has 1 saturated heterocycles. The molecule has 4 nitrogen and oxygen atoms in total. The number of hydrogen-bond donors (Lipinski definition) is 0. The van der Waals surface area contributed by atoms with Crippen LogP contribution >= 0.6 is 0 Å². The Kier molecular flexibility index (Phi) is 5.30. The molecule has 1 aromatic carbocycles. The number of rotatable bonds is 3. The van der Waals surface area contributed by atoms with E-state index in [1.54, 1.807) is 0 Å². The largest absolute Gasteiger partial charge is 0.340 e. The van der Waals surface area contributed by atoms with Crippen LogP contribution in [0, 0.1) is 17.2 Å². The van der Waals surface area contributed by atoms with Crippen molar-refractivity contribution in [3.63, 3.8) is 0 Å². The quantitative estimate of drug-likeness (QED) is 0.862. The Hall–Kier alpha value is -1.86. The summed E-state index contributed by atoms with van der Waals surface area (Å²) < 4.78 is 0. The van der Waals surface area contributed by atoms with E-state index in [9.17, 15) is 10.1 Å². The zero-order valence-corrected chi connectivity index (χ0v) is 13.7. The number of carbonyl (C=O) groups is 1. The molecule has 23 heavy (non-hydrogen) atoms. The van der Waals surface area contributed by atoms with E-state index >= 15 is 0 Å². The molecule has 0 radical (unpaired) electrons. The summed E-state index contributed by atoms with van der Waals surface area (Å²) in [6.45, 7) is 3.07. The molecule has 0 bridgehead atoms. The molecule has 0 spiro atoms. The molecule has 1 unspecified atom stereocenters. The third-order valence-electron chi connectivity index (χ3n) is 5.18. The third-order valence-corrected chi connectivity index (χ3v) is 5.18. The number of nitriles is 1. The zero-order chi connectivity index (χ0) is 16.1. The lowest BCUT2D eigenvalue weighted by atomic mass is 9.88. The van der Waals surface area contributed by atoms with E-state index in [0.717, 1.165) is 44.6 Å². The second-order valence-electron chi connectivity index (χ2n) is 6.64. The van der Waals surface area contributed by atoms with Gasteiger partial charge in [0.1, 0.15) is 6.04 Å². The van der Waals surface area contributed by atoms with E-state index < -0.39 is 0 Å². The van der Waals surface area contributed by atoms with Crippen LogP contribution in [0.1, 0.15) is 43.7 Å². The molecule has 1 saturated carbocycles. The van der Waals surface area contributed by atoms with Gasteiger partial charge in [-0.15, -0.1) is 0 Å². The van der Waals surface area contributed by atoms with Crippen molar-refractivity contribution in [2.75, 3.05) is 26.2 Å². The molecule has 2 aliphatic rings. The van der Waals surface area contributed by atoms with Crippen molar-refractivity contribution in [1.29, 1.82) is 5.26 Å². The molecule has 0 N–H and O–H groups in total. The van der Waals surface area contributed by atoms with Gasteiger partial charge >= 0.3 is 0 Å². The van der Waals surface area contributed by atoms with Crippen molar-refractivity contribution in [1.82, 2.24) is 9.80 Å². The van der Waals surface area contributed by atoms with Crippen molar-refractivity contribution < 1.29 is 4.79 Å². The molecule has 1 heterocycles. The maximum absolute atomic E-state index is 12.6. The molecule has 1 aliphatic heterocycles. The molecule has 0 aromatic heterocycles. The first kappa shape index (κ1) is 16.0. The lowest BCUT2D eigenvalue weighted by Gasteiger charge is -2.38. The zero-order valence-electron chi connectivity index (χ0n) is 13.7. The predicted octanol–water partition coefficient (Wildman–Crippen LogP) is 2.98. The van der Waals surface area contributed by atoms with E-state index in [-0.39, 0.29) is 12.0 Å². The Morgan fingerprint density at radius 1 is 1.04 bits per heavy atom. The maximum atomic E-state index is 12.6. The fourth-order valence-electron chi connectivity index (χ4n) is 3.81. The lowest BCUT2D eigenvalue weighted by Crippen LogP contribution is -2.51. The summed E-state index contributed by atoms with van der Waals surface area (Å²) in [4.78, 5) is 16.8. The topological polar surface area (TPSA) is 47.3 Å². The second kappa shape index (κ2) is 7.61. The SMILES string of the molecule is N#CC(c1ccccc1)N1CCN(C(=O)C2CCCCC2)CC1. The van der Waals surface area contributed by atoms with E-state index in [4.69, 9.17) is 0 Å². The summed E-state index contributed by atoms with van der Waals surface area (Å²) in [5, 5.41) is 9.54. The minimum atomic E-state index is -0.205. The van der Waals surface area contributed by atoms with Gasteiger partial charge in [-0.1, -0.05) is 49.6 Å². The summed E-state index contributed by atoms with van der Waals surface area (Å²) in [5.41, 5.74) is 1.04. The summed E-state index contributed by atoms with van der Waals surface area (Å²) in [6.07, 6.45) is 5.79. The summed E-state index contributed by atoms with van der Waals surface area (Å²) >= 11 is 0. The minimum absolute atomic E-state index is 0.205. The number of amides is 1. The van der Waals surface area contributed by atoms with Crippen LogP contribution in [0.5, 0.6) is 0 Å². The van der Waals surface area contributed by atoms with Gasteiger partial charge in [-0.3, -0.25) is 9.69 Å². The number of benzene rings is 1. The Labute approximate surface area is 138 Å². The van der Waals surface area contributed by atoms with Crippen LogP contribution in [0.3, 0.4) is 0 Å². The van der Waals surface area contributed by atoms with Crippen molar-refractivity contribution in [2.24, 2.45) is 5.92 Å². The number of piperazine rings is 1. The van der Waals surface area contributed by atoms with Crippen molar-refractivity contribution in [3.8, 4) is 6.07 Å². The number of nitrogens with zero attached hydrogens (tertiary/aromatic N) is 3. The van der Waals surface area contributed by atoms with Gasteiger partial charge in [0.25, 0.3) is 0 Å². The monoisotopic (exact) mass is 311 g/mol. The first-order valence-electron chi connectivity index (χ1n) is 8.77. The van der Waals surface area contributed by atoms with Crippen LogP contribution < -0.4 is 0 Å². The highest BCUT2D eigenvalue weighted by Crippen LogP contribution is 2.27. The molecule has 1 atom stereocenters. The highest BCUT2D eigenvalue weighted by atomic mass is 16.2. The van der Waals surface area contributed by atoms with Crippen LogP contribution in [-0.4, -0.2) is 41.9 Å². The van der Waals surface area contributed by atoms with Gasteiger partial charge in [0.2, 0.25) is 5.91 Å². The number of carbonyl (C=O) groups excluding carboxylic acids is 1. The molecular formula is C19H25N3O. The molecule has 2 fully saturated rings. The summed E-state index contributed by atoms with van der Waals surface area (Å²) in [7, 11) is 0. The Morgan fingerprint density at radius 2 is 1.70 bits per heavy atom. The molecule has 3 rings (SSSR count). The standard InChI is InChI=1S/C19H25N3O/c20-15-18(16-7-3-1-4-8-16)21-11-13-22(14-12-21)19(23)17-9-5-2-6-10-17/h1,3-4,7-8,17-18H,2,5-6,9-14H2. The van der Waals surface area contributed by atoms with Crippen LogP contribution in [0.25, 0.3) is 0 Å². The van der Waals surface area contributed by atoms with Gasteiger partial charge in [-0.2, -0.15) is 5.26 Å². The van der Waals surface area contributed by atoms with Gasteiger partial charge in [-0.25, -0.2) is 0 Å². The average molecular weight is 311 g/mol. The Bertz CT molecular complexity index is 552. The van der Waals surface area contributed by atoms with Gasteiger partial charge in [-0.05, 0) is 18.4 Å². The Morgan fingerprint density at radius 3 is 2.30 bits per heavy atom. The maximum Gasteiger partial charge on any atom is 0.225 e. The molecule has 1 aromatic rings.